The summed E-state index contributed by atoms with van der Waals surface area (Å²) in [6, 6.07) is 12.8. The number of alkyl halides is 1. The van der Waals surface area contributed by atoms with E-state index in [2.05, 4.69) is 4.98 Å². The average Bonchev–Trinajstić information content (AvgIpc) is 2.47. The summed E-state index contributed by atoms with van der Waals surface area (Å²) in [5.41, 5.74) is 0.751. The molecule has 0 bridgehead atoms. The Hall–Kier alpha value is -2.20. The number of para-hydroxylation sites is 1. The number of benzene rings is 2. The lowest BCUT2D eigenvalue weighted by Crippen LogP contribution is -2.23. The van der Waals surface area contributed by atoms with Gasteiger partial charge in [-0.3, -0.25) is 9.36 Å². The van der Waals surface area contributed by atoms with Gasteiger partial charge in [0, 0.05) is 0 Å². The topological polar surface area (TPSA) is 34.9 Å². The van der Waals surface area contributed by atoms with Gasteiger partial charge in [-0.1, -0.05) is 18.2 Å². The fourth-order valence-electron chi connectivity index (χ4n) is 2.15. The van der Waals surface area contributed by atoms with Crippen LogP contribution in [-0.4, -0.2) is 9.55 Å². The first-order valence-electron chi connectivity index (χ1n) is 6.03. The molecule has 1 heterocycles. The molecule has 0 aliphatic carbocycles. The molecule has 0 spiro atoms. The summed E-state index contributed by atoms with van der Waals surface area (Å²) in [5, 5.41) is 0.477. The molecule has 0 radical (unpaired) electrons. The van der Waals surface area contributed by atoms with Crippen molar-refractivity contribution in [3.05, 3.63) is 70.5 Å². The second-order valence-corrected chi connectivity index (χ2v) is 4.57. The van der Waals surface area contributed by atoms with Crippen LogP contribution in [0.5, 0.6) is 0 Å². The molecule has 3 rings (SSSR count). The number of rotatable bonds is 2. The van der Waals surface area contributed by atoms with Crippen molar-refractivity contribution in [2.45, 2.75) is 5.88 Å². The molecule has 0 amide bonds. The standard InChI is InChI=1S/C15H10ClFN2O/c16-9-14-18-13-7-2-1-6-12(13)15(20)19(14)11-5-3-4-10(17)8-11/h1-8H,9H2. The van der Waals surface area contributed by atoms with E-state index < -0.39 is 5.82 Å². The summed E-state index contributed by atoms with van der Waals surface area (Å²) >= 11 is 5.88. The number of hydrogen-bond acceptors (Lipinski definition) is 2. The van der Waals surface area contributed by atoms with E-state index in [1.165, 1.54) is 16.7 Å². The van der Waals surface area contributed by atoms with Gasteiger partial charge in [-0.15, -0.1) is 11.6 Å². The zero-order valence-electron chi connectivity index (χ0n) is 10.4. The summed E-state index contributed by atoms with van der Waals surface area (Å²) < 4.78 is 14.7. The van der Waals surface area contributed by atoms with Crippen LogP contribution in [0.15, 0.2) is 53.3 Å². The van der Waals surface area contributed by atoms with Crippen molar-refractivity contribution >= 4 is 22.5 Å². The van der Waals surface area contributed by atoms with Gasteiger partial charge in [0.1, 0.15) is 11.6 Å². The van der Waals surface area contributed by atoms with E-state index >= 15 is 0 Å². The molecule has 2 aromatic carbocycles. The van der Waals surface area contributed by atoms with Gasteiger partial charge in [0.2, 0.25) is 0 Å². The van der Waals surface area contributed by atoms with E-state index in [9.17, 15) is 9.18 Å². The minimum Gasteiger partial charge on any atom is -0.268 e. The molecule has 0 fully saturated rings. The normalized spacial score (nSPS) is 10.9. The monoisotopic (exact) mass is 288 g/mol. The maximum atomic E-state index is 13.4. The third-order valence-corrected chi connectivity index (χ3v) is 3.27. The van der Waals surface area contributed by atoms with E-state index in [4.69, 9.17) is 11.6 Å². The highest BCUT2D eigenvalue weighted by atomic mass is 35.5. The van der Waals surface area contributed by atoms with Crippen molar-refractivity contribution < 1.29 is 4.39 Å². The molecule has 0 unspecified atom stereocenters. The number of halogens is 2. The minimum atomic E-state index is -0.414. The van der Waals surface area contributed by atoms with Crippen molar-refractivity contribution in [1.29, 1.82) is 0 Å². The third-order valence-electron chi connectivity index (χ3n) is 3.03. The fraction of sp³-hybridized carbons (Fsp3) is 0.0667. The van der Waals surface area contributed by atoms with Crippen LogP contribution in [0.3, 0.4) is 0 Å². The zero-order valence-corrected chi connectivity index (χ0v) is 11.1. The van der Waals surface area contributed by atoms with Crippen molar-refractivity contribution in [2.75, 3.05) is 0 Å². The van der Waals surface area contributed by atoms with Crippen LogP contribution in [0, 0.1) is 5.82 Å². The molecule has 0 N–H and O–H groups in total. The lowest BCUT2D eigenvalue weighted by atomic mass is 10.2. The largest absolute Gasteiger partial charge is 0.268 e. The van der Waals surface area contributed by atoms with Crippen LogP contribution in [0.25, 0.3) is 16.6 Å². The zero-order chi connectivity index (χ0) is 14.1. The first-order chi connectivity index (χ1) is 9.70. The molecule has 0 saturated heterocycles. The number of hydrogen-bond donors (Lipinski definition) is 0. The van der Waals surface area contributed by atoms with Crippen LogP contribution in [0.4, 0.5) is 4.39 Å². The molecule has 20 heavy (non-hydrogen) atoms. The van der Waals surface area contributed by atoms with Gasteiger partial charge in [0.25, 0.3) is 5.56 Å². The Morgan fingerprint density at radius 3 is 2.70 bits per heavy atom. The average molecular weight is 289 g/mol. The maximum Gasteiger partial charge on any atom is 0.266 e. The summed E-state index contributed by atoms with van der Waals surface area (Å²) in [4.78, 5) is 16.9. The van der Waals surface area contributed by atoms with Crippen LogP contribution >= 0.6 is 11.6 Å². The van der Waals surface area contributed by atoms with Gasteiger partial charge >= 0.3 is 0 Å². The lowest BCUT2D eigenvalue weighted by Gasteiger charge is -2.11. The third kappa shape index (κ3) is 2.08. The summed E-state index contributed by atoms with van der Waals surface area (Å²) in [7, 11) is 0. The molecule has 100 valence electrons. The maximum absolute atomic E-state index is 13.4. The second-order valence-electron chi connectivity index (χ2n) is 4.30. The van der Waals surface area contributed by atoms with Crippen LogP contribution in [-0.2, 0) is 5.88 Å². The Kier molecular flexibility index (Phi) is 3.24. The van der Waals surface area contributed by atoms with Crippen molar-refractivity contribution in [3.63, 3.8) is 0 Å². The van der Waals surface area contributed by atoms with Crippen LogP contribution in [0.2, 0.25) is 0 Å². The molecule has 1 aromatic heterocycles. The molecule has 0 saturated carbocycles. The Labute approximate surface area is 119 Å². The first kappa shape index (κ1) is 12.8. The number of nitrogens with zero attached hydrogens (tertiary/aromatic N) is 2. The Morgan fingerprint density at radius 2 is 1.95 bits per heavy atom. The van der Waals surface area contributed by atoms with E-state index in [-0.39, 0.29) is 11.4 Å². The van der Waals surface area contributed by atoms with Gasteiger partial charge in [-0.2, -0.15) is 0 Å². The van der Waals surface area contributed by atoms with Gasteiger partial charge in [0.15, 0.2) is 0 Å². The van der Waals surface area contributed by atoms with Gasteiger partial charge in [0.05, 0.1) is 22.5 Å². The quantitative estimate of drug-likeness (QED) is 0.678. The predicted molar refractivity (Wildman–Crippen MR) is 76.9 cm³/mol. The number of fused-ring (bicyclic) bond motifs is 1. The van der Waals surface area contributed by atoms with E-state index in [1.807, 2.05) is 0 Å². The lowest BCUT2D eigenvalue weighted by molar-refractivity contribution is 0.626. The van der Waals surface area contributed by atoms with E-state index in [0.29, 0.717) is 22.4 Å². The predicted octanol–water partition coefficient (Wildman–Crippen LogP) is 3.26. The molecular weight excluding hydrogens is 279 g/mol. The van der Waals surface area contributed by atoms with Crippen molar-refractivity contribution in [2.24, 2.45) is 0 Å². The van der Waals surface area contributed by atoms with Gasteiger partial charge in [-0.25, -0.2) is 9.37 Å². The fourth-order valence-corrected chi connectivity index (χ4v) is 2.33. The summed E-state index contributed by atoms with van der Waals surface area (Å²) in [6.45, 7) is 0. The SMILES string of the molecule is O=c1c2ccccc2nc(CCl)n1-c1cccc(F)c1. The highest BCUT2D eigenvalue weighted by Crippen LogP contribution is 2.15. The Bertz CT molecular complexity index is 845. The molecule has 3 nitrogen and oxygen atoms in total. The van der Waals surface area contributed by atoms with Crippen LogP contribution in [0.1, 0.15) is 5.82 Å². The molecule has 0 atom stereocenters. The highest BCUT2D eigenvalue weighted by molar-refractivity contribution is 6.16. The summed E-state index contributed by atoms with van der Waals surface area (Å²) in [5.74, 6) is 0.0420. The number of aromatic nitrogens is 2. The van der Waals surface area contributed by atoms with Crippen molar-refractivity contribution in [3.8, 4) is 5.69 Å². The molecule has 3 aromatic rings. The Morgan fingerprint density at radius 1 is 1.15 bits per heavy atom. The van der Waals surface area contributed by atoms with Gasteiger partial charge < -0.3 is 0 Å². The summed E-state index contributed by atoms with van der Waals surface area (Å²) in [6.07, 6.45) is 0. The highest BCUT2D eigenvalue weighted by Gasteiger charge is 2.12. The first-order valence-corrected chi connectivity index (χ1v) is 6.57. The second kappa shape index (κ2) is 5.06. The van der Waals surface area contributed by atoms with Crippen LogP contribution < -0.4 is 5.56 Å². The molecular formula is C15H10ClFN2O. The van der Waals surface area contributed by atoms with E-state index in [1.54, 1.807) is 36.4 Å². The van der Waals surface area contributed by atoms with Crippen molar-refractivity contribution in [1.82, 2.24) is 9.55 Å². The molecule has 0 aliphatic rings. The van der Waals surface area contributed by atoms with Gasteiger partial charge in [-0.05, 0) is 30.3 Å². The minimum absolute atomic E-state index is 0.0661. The van der Waals surface area contributed by atoms with E-state index in [0.717, 1.165) is 0 Å². The Balaban J connectivity index is 2.40. The molecule has 5 heteroatoms. The molecule has 0 aliphatic heterocycles. The smallest absolute Gasteiger partial charge is 0.266 e.